The molecule has 2 aromatic heterocycles. The monoisotopic (exact) mass is 432 g/mol. The second kappa shape index (κ2) is 9.53. The molecule has 7 nitrogen and oxygen atoms in total. The summed E-state index contributed by atoms with van der Waals surface area (Å²) < 4.78 is 13.0. The van der Waals surface area contributed by atoms with Gasteiger partial charge in [0.15, 0.2) is 5.75 Å². The van der Waals surface area contributed by atoms with E-state index in [-0.39, 0.29) is 11.2 Å². The number of ether oxygens (including phenoxy) is 1. The summed E-state index contributed by atoms with van der Waals surface area (Å²) in [5, 5.41) is 13.9. The van der Waals surface area contributed by atoms with E-state index in [4.69, 9.17) is 9.15 Å². The van der Waals surface area contributed by atoms with Crippen LogP contribution >= 0.6 is 0 Å². The Morgan fingerprint density at radius 2 is 1.88 bits per heavy atom. The quantitative estimate of drug-likeness (QED) is 0.328. The fourth-order valence-corrected chi connectivity index (χ4v) is 3.51. The molecule has 0 unspecified atom stereocenters. The summed E-state index contributed by atoms with van der Waals surface area (Å²) in [6.07, 6.45) is 1.66. The first-order valence-corrected chi connectivity index (χ1v) is 10.3. The molecule has 0 amide bonds. The number of rotatable bonds is 8. The number of hydrogen-bond acceptors (Lipinski definition) is 6. The Balaban J connectivity index is 1.43. The van der Waals surface area contributed by atoms with Crippen LogP contribution in [-0.2, 0) is 19.7 Å². The summed E-state index contributed by atoms with van der Waals surface area (Å²) >= 11 is 0. The maximum atomic E-state index is 12.1. The predicted molar refractivity (Wildman–Crippen MR) is 122 cm³/mol. The van der Waals surface area contributed by atoms with Gasteiger partial charge in [-0.3, -0.25) is 4.79 Å². The highest BCUT2D eigenvalue weighted by Gasteiger charge is 2.08. The van der Waals surface area contributed by atoms with Crippen molar-refractivity contribution in [3.05, 3.63) is 104 Å². The standard InChI is InChI=1S/C25H24N2O5/c1-17-25(30)22(28)9-11-27(17)12-10-26-15-19-13-24(29)32-23-14-20(7-8-21(19)23)31-16-18-5-3-2-4-6-18/h2-9,11,13-14,26,30H,10,12,15-16H2,1H3. The van der Waals surface area contributed by atoms with Crippen molar-refractivity contribution in [2.75, 3.05) is 6.54 Å². The smallest absolute Gasteiger partial charge is 0.336 e. The molecule has 0 fully saturated rings. The summed E-state index contributed by atoms with van der Waals surface area (Å²) in [4.78, 5) is 23.5. The normalized spacial score (nSPS) is 11.0. The van der Waals surface area contributed by atoms with Gasteiger partial charge in [0.05, 0.1) is 5.69 Å². The van der Waals surface area contributed by atoms with Crippen LogP contribution in [-0.4, -0.2) is 16.2 Å². The second-order valence-corrected chi connectivity index (χ2v) is 7.51. The van der Waals surface area contributed by atoms with Gasteiger partial charge >= 0.3 is 5.63 Å². The maximum Gasteiger partial charge on any atom is 0.336 e. The van der Waals surface area contributed by atoms with E-state index >= 15 is 0 Å². The Morgan fingerprint density at radius 1 is 1.06 bits per heavy atom. The van der Waals surface area contributed by atoms with Gasteiger partial charge in [0, 0.05) is 49.4 Å². The molecule has 0 radical (unpaired) electrons. The molecule has 0 aliphatic heterocycles. The number of benzene rings is 2. The molecule has 0 spiro atoms. The van der Waals surface area contributed by atoms with Crippen molar-refractivity contribution in [3.8, 4) is 11.5 Å². The van der Waals surface area contributed by atoms with Crippen molar-refractivity contribution < 1.29 is 14.3 Å². The average Bonchev–Trinajstić information content (AvgIpc) is 2.80. The minimum atomic E-state index is -0.421. The van der Waals surface area contributed by atoms with Crippen LogP contribution in [0.5, 0.6) is 11.5 Å². The third-order valence-electron chi connectivity index (χ3n) is 5.31. The molecule has 4 aromatic rings. The maximum absolute atomic E-state index is 12.1. The number of aromatic nitrogens is 1. The zero-order valence-electron chi connectivity index (χ0n) is 17.7. The summed E-state index contributed by atoms with van der Waals surface area (Å²) in [5.74, 6) is 0.396. The molecule has 7 heteroatoms. The number of pyridine rings is 1. The average molecular weight is 432 g/mol. The zero-order chi connectivity index (χ0) is 22.5. The highest BCUT2D eigenvalue weighted by Crippen LogP contribution is 2.23. The largest absolute Gasteiger partial charge is 0.503 e. The molecule has 2 aromatic carbocycles. The molecule has 0 atom stereocenters. The number of nitrogens with one attached hydrogen (secondary N) is 1. The first kappa shape index (κ1) is 21.4. The Kier molecular flexibility index (Phi) is 6.37. The van der Waals surface area contributed by atoms with Crippen LogP contribution in [0.4, 0.5) is 0 Å². The number of nitrogens with zero attached hydrogens (tertiary/aromatic N) is 1. The topological polar surface area (TPSA) is 93.7 Å². The van der Waals surface area contributed by atoms with Crippen molar-refractivity contribution in [1.82, 2.24) is 9.88 Å². The third kappa shape index (κ3) is 4.90. The van der Waals surface area contributed by atoms with Gasteiger partial charge in [-0.2, -0.15) is 0 Å². The predicted octanol–water partition coefficient (Wildman–Crippen LogP) is 3.34. The lowest BCUT2D eigenvalue weighted by atomic mass is 10.1. The molecule has 4 rings (SSSR count). The van der Waals surface area contributed by atoms with E-state index in [1.54, 1.807) is 23.8 Å². The van der Waals surface area contributed by atoms with E-state index in [0.29, 0.717) is 43.3 Å². The van der Waals surface area contributed by atoms with Gasteiger partial charge < -0.3 is 24.1 Å². The zero-order valence-corrected chi connectivity index (χ0v) is 17.7. The fraction of sp³-hybridized carbons (Fsp3) is 0.200. The molecule has 0 aliphatic carbocycles. The lowest BCUT2D eigenvalue weighted by molar-refractivity contribution is 0.306. The van der Waals surface area contributed by atoms with Crippen molar-refractivity contribution >= 4 is 11.0 Å². The van der Waals surface area contributed by atoms with Gasteiger partial charge in [0.1, 0.15) is 17.9 Å². The molecule has 2 heterocycles. The molecular formula is C25H24N2O5. The van der Waals surface area contributed by atoms with Gasteiger partial charge in [0.2, 0.25) is 5.43 Å². The van der Waals surface area contributed by atoms with Crippen LogP contribution in [0.1, 0.15) is 16.8 Å². The van der Waals surface area contributed by atoms with Gasteiger partial charge in [-0.05, 0) is 30.2 Å². The van der Waals surface area contributed by atoms with Crippen LogP contribution < -0.4 is 21.1 Å². The van der Waals surface area contributed by atoms with Crippen molar-refractivity contribution in [3.63, 3.8) is 0 Å². The Bertz CT molecular complexity index is 1340. The minimum absolute atomic E-state index is 0.232. The van der Waals surface area contributed by atoms with Crippen molar-refractivity contribution in [2.24, 2.45) is 0 Å². The molecule has 32 heavy (non-hydrogen) atoms. The van der Waals surface area contributed by atoms with E-state index in [1.165, 1.54) is 12.1 Å². The Morgan fingerprint density at radius 3 is 2.69 bits per heavy atom. The summed E-state index contributed by atoms with van der Waals surface area (Å²) in [5.41, 5.74) is 2.06. The van der Waals surface area contributed by atoms with E-state index in [9.17, 15) is 14.7 Å². The SMILES string of the molecule is Cc1c(O)c(=O)ccn1CCNCc1cc(=O)oc2cc(OCc3ccccc3)ccc12. The molecule has 0 aliphatic rings. The van der Waals surface area contributed by atoms with E-state index in [2.05, 4.69) is 5.32 Å². The van der Waals surface area contributed by atoms with Crippen molar-refractivity contribution in [1.29, 1.82) is 0 Å². The van der Waals surface area contributed by atoms with Gasteiger partial charge in [0.25, 0.3) is 0 Å². The molecule has 0 saturated heterocycles. The molecular weight excluding hydrogens is 408 g/mol. The minimum Gasteiger partial charge on any atom is -0.503 e. The molecule has 2 N–H and O–H groups in total. The molecule has 0 bridgehead atoms. The summed E-state index contributed by atoms with van der Waals surface area (Å²) in [6, 6.07) is 18.2. The third-order valence-corrected chi connectivity index (χ3v) is 5.31. The first-order chi connectivity index (χ1) is 15.5. The number of hydrogen-bond donors (Lipinski definition) is 2. The summed E-state index contributed by atoms with van der Waals surface area (Å²) in [6.45, 7) is 3.75. The van der Waals surface area contributed by atoms with Crippen LogP contribution in [0.2, 0.25) is 0 Å². The highest BCUT2D eigenvalue weighted by molar-refractivity contribution is 5.81. The summed E-state index contributed by atoms with van der Waals surface area (Å²) in [7, 11) is 0. The van der Waals surface area contributed by atoms with Gasteiger partial charge in [-0.25, -0.2) is 4.79 Å². The number of aromatic hydroxyl groups is 1. The van der Waals surface area contributed by atoms with Gasteiger partial charge in [-0.1, -0.05) is 30.3 Å². The highest BCUT2D eigenvalue weighted by atomic mass is 16.5. The van der Waals surface area contributed by atoms with Crippen LogP contribution in [0, 0.1) is 6.92 Å². The van der Waals surface area contributed by atoms with E-state index < -0.39 is 5.63 Å². The lowest BCUT2D eigenvalue weighted by Gasteiger charge is -2.13. The number of fused-ring (bicyclic) bond motifs is 1. The van der Waals surface area contributed by atoms with E-state index in [1.807, 2.05) is 42.5 Å². The van der Waals surface area contributed by atoms with Crippen LogP contribution in [0.3, 0.4) is 0 Å². The van der Waals surface area contributed by atoms with Crippen LogP contribution in [0.25, 0.3) is 11.0 Å². The van der Waals surface area contributed by atoms with E-state index in [0.717, 1.165) is 16.5 Å². The Labute approximate surface area is 184 Å². The van der Waals surface area contributed by atoms with Crippen LogP contribution in [0.15, 0.2) is 80.9 Å². The molecule has 164 valence electrons. The lowest BCUT2D eigenvalue weighted by Crippen LogP contribution is -2.22. The fourth-order valence-electron chi connectivity index (χ4n) is 3.51. The Hall–Kier alpha value is -3.84. The molecule has 0 saturated carbocycles. The first-order valence-electron chi connectivity index (χ1n) is 10.3. The van der Waals surface area contributed by atoms with Gasteiger partial charge in [-0.15, -0.1) is 0 Å². The second-order valence-electron chi connectivity index (χ2n) is 7.51. The van der Waals surface area contributed by atoms with Crippen molar-refractivity contribution in [2.45, 2.75) is 26.6 Å².